The molecule has 0 atom stereocenters. The van der Waals surface area contributed by atoms with Crippen LogP contribution in [-0.2, 0) is 6.42 Å². The fraction of sp³-hybridized carbons (Fsp3) is 0.125. The lowest BCUT2D eigenvalue weighted by atomic mass is 10.1. The molecule has 0 saturated carbocycles. The molecule has 0 spiro atoms. The molecule has 4 heteroatoms. The molecule has 20 heavy (non-hydrogen) atoms. The van der Waals surface area contributed by atoms with Crippen LogP contribution in [0.4, 0.5) is 5.69 Å². The van der Waals surface area contributed by atoms with Crippen LogP contribution in [0, 0.1) is 0 Å². The average molecular weight is 267 g/mol. The summed E-state index contributed by atoms with van der Waals surface area (Å²) >= 11 is 0. The molecule has 0 radical (unpaired) electrons. The number of hydrogen-bond donors (Lipinski definition) is 1. The van der Waals surface area contributed by atoms with Gasteiger partial charge in [0, 0.05) is 17.8 Å². The molecule has 1 amide bonds. The molecule has 0 aliphatic carbocycles. The van der Waals surface area contributed by atoms with E-state index in [0.29, 0.717) is 12.1 Å². The Bertz CT molecular complexity index is 694. The third kappa shape index (κ3) is 2.05. The minimum absolute atomic E-state index is 0.128. The summed E-state index contributed by atoms with van der Waals surface area (Å²) < 4.78 is 0. The van der Waals surface area contributed by atoms with E-state index in [1.807, 2.05) is 24.3 Å². The van der Waals surface area contributed by atoms with Crippen molar-refractivity contribution in [2.75, 3.05) is 11.4 Å². The van der Waals surface area contributed by atoms with Gasteiger partial charge in [-0.3, -0.25) is 4.79 Å². The lowest BCUT2D eigenvalue weighted by molar-refractivity contribution is 0.0697. The Labute approximate surface area is 116 Å². The normalized spacial score (nSPS) is 13.1. The van der Waals surface area contributed by atoms with Crippen molar-refractivity contribution < 1.29 is 14.7 Å². The molecule has 100 valence electrons. The van der Waals surface area contributed by atoms with E-state index >= 15 is 0 Å². The maximum absolute atomic E-state index is 12.5. The van der Waals surface area contributed by atoms with Crippen molar-refractivity contribution in [2.24, 2.45) is 0 Å². The molecule has 1 N–H and O–H groups in total. The summed E-state index contributed by atoms with van der Waals surface area (Å²) in [5.74, 6) is -1.18. The number of aromatic carboxylic acids is 1. The summed E-state index contributed by atoms with van der Waals surface area (Å²) in [6.07, 6.45) is 0.834. The molecule has 0 unspecified atom stereocenters. The first-order chi connectivity index (χ1) is 9.66. The third-order valence-corrected chi connectivity index (χ3v) is 3.49. The maximum atomic E-state index is 12.5. The van der Waals surface area contributed by atoms with E-state index in [2.05, 4.69) is 0 Å². The highest BCUT2D eigenvalue weighted by Crippen LogP contribution is 2.28. The Morgan fingerprint density at radius 3 is 2.55 bits per heavy atom. The number of amides is 1. The number of anilines is 1. The number of nitrogens with zero attached hydrogens (tertiary/aromatic N) is 1. The summed E-state index contributed by atoms with van der Waals surface area (Å²) in [5, 5.41) is 8.99. The highest BCUT2D eigenvalue weighted by Gasteiger charge is 2.25. The van der Waals surface area contributed by atoms with E-state index in [1.54, 1.807) is 17.0 Å². The first-order valence-corrected chi connectivity index (χ1v) is 6.40. The standard InChI is InChI=1S/C16H13NO3/c18-15(12-5-3-6-13(10-12)16(19)20)17-9-8-11-4-1-2-7-14(11)17/h1-7,10H,8-9H2,(H,19,20). The molecule has 2 aromatic carbocycles. The molecule has 0 bridgehead atoms. The first-order valence-electron chi connectivity index (χ1n) is 6.40. The SMILES string of the molecule is O=C(O)c1cccc(C(=O)N2CCc3ccccc32)c1. The van der Waals surface area contributed by atoms with Crippen molar-refractivity contribution in [1.82, 2.24) is 0 Å². The van der Waals surface area contributed by atoms with Gasteiger partial charge in [0.2, 0.25) is 0 Å². The second-order valence-electron chi connectivity index (χ2n) is 4.72. The number of rotatable bonds is 2. The Hall–Kier alpha value is -2.62. The fourth-order valence-electron chi connectivity index (χ4n) is 2.49. The smallest absolute Gasteiger partial charge is 0.335 e. The summed E-state index contributed by atoms with van der Waals surface area (Å²) in [7, 11) is 0. The van der Waals surface area contributed by atoms with E-state index < -0.39 is 5.97 Å². The van der Waals surface area contributed by atoms with Gasteiger partial charge in [0.25, 0.3) is 5.91 Å². The zero-order valence-corrected chi connectivity index (χ0v) is 10.7. The van der Waals surface area contributed by atoms with Crippen LogP contribution in [0.3, 0.4) is 0 Å². The highest BCUT2D eigenvalue weighted by atomic mass is 16.4. The highest BCUT2D eigenvalue weighted by molar-refractivity contribution is 6.08. The van der Waals surface area contributed by atoms with Crippen LogP contribution < -0.4 is 4.90 Å². The maximum Gasteiger partial charge on any atom is 0.335 e. The monoisotopic (exact) mass is 267 g/mol. The molecule has 2 aromatic rings. The van der Waals surface area contributed by atoms with Gasteiger partial charge in [-0.1, -0.05) is 24.3 Å². The van der Waals surface area contributed by atoms with Crippen molar-refractivity contribution in [3.8, 4) is 0 Å². The predicted octanol–water partition coefficient (Wildman–Crippen LogP) is 2.59. The topological polar surface area (TPSA) is 57.6 Å². The van der Waals surface area contributed by atoms with Crippen LogP contribution >= 0.6 is 0 Å². The number of carbonyl (C=O) groups excluding carboxylic acids is 1. The Morgan fingerprint density at radius 1 is 1.00 bits per heavy atom. The van der Waals surface area contributed by atoms with Crippen LogP contribution in [0.2, 0.25) is 0 Å². The molecule has 0 saturated heterocycles. The van der Waals surface area contributed by atoms with Gasteiger partial charge in [-0.25, -0.2) is 4.79 Å². The van der Waals surface area contributed by atoms with Gasteiger partial charge >= 0.3 is 5.97 Å². The second-order valence-corrected chi connectivity index (χ2v) is 4.72. The predicted molar refractivity (Wildman–Crippen MR) is 75.2 cm³/mol. The molecule has 1 heterocycles. The van der Waals surface area contributed by atoms with Crippen molar-refractivity contribution >= 4 is 17.6 Å². The van der Waals surface area contributed by atoms with Crippen LogP contribution in [0.25, 0.3) is 0 Å². The number of carboxylic acid groups (broad SMARTS) is 1. The average Bonchev–Trinajstić information content (AvgIpc) is 2.90. The largest absolute Gasteiger partial charge is 0.478 e. The summed E-state index contributed by atoms with van der Waals surface area (Å²) in [4.78, 5) is 25.2. The minimum atomic E-state index is -1.03. The quantitative estimate of drug-likeness (QED) is 0.909. The van der Waals surface area contributed by atoms with Crippen LogP contribution in [0.15, 0.2) is 48.5 Å². The minimum Gasteiger partial charge on any atom is -0.478 e. The Morgan fingerprint density at radius 2 is 1.75 bits per heavy atom. The molecular formula is C16H13NO3. The Kier molecular flexibility index (Phi) is 2.99. The second kappa shape index (κ2) is 4.81. The third-order valence-electron chi connectivity index (χ3n) is 3.49. The number of para-hydroxylation sites is 1. The van der Waals surface area contributed by atoms with Crippen LogP contribution in [-0.4, -0.2) is 23.5 Å². The van der Waals surface area contributed by atoms with Gasteiger partial charge in [0.05, 0.1) is 5.56 Å². The number of carboxylic acids is 1. The van der Waals surface area contributed by atoms with Gasteiger partial charge in [-0.2, -0.15) is 0 Å². The molecular weight excluding hydrogens is 254 g/mol. The van der Waals surface area contributed by atoms with Crippen molar-refractivity contribution in [3.05, 3.63) is 65.2 Å². The van der Waals surface area contributed by atoms with E-state index in [1.165, 1.54) is 12.1 Å². The van der Waals surface area contributed by atoms with Crippen molar-refractivity contribution in [2.45, 2.75) is 6.42 Å². The van der Waals surface area contributed by atoms with E-state index in [9.17, 15) is 9.59 Å². The summed E-state index contributed by atoms with van der Waals surface area (Å²) in [5.41, 5.74) is 2.60. The van der Waals surface area contributed by atoms with Crippen molar-refractivity contribution in [3.63, 3.8) is 0 Å². The summed E-state index contributed by atoms with van der Waals surface area (Å²) in [6.45, 7) is 0.634. The number of fused-ring (bicyclic) bond motifs is 1. The molecule has 1 aliphatic rings. The van der Waals surface area contributed by atoms with Crippen LogP contribution in [0.5, 0.6) is 0 Å². The lowest BCUT2D eigenvalue weighted by Gasteiger charge is -2.17. The number of hydrogen-bond acceptors (Lipinski definition) is 2. The molecule has 1 aliphatic heterocycles. The van der Waals surface area contributed by atoms with Gasteiger partial charge < -0.3 is 10.0 Å². The van der Waals surface area contributed by atoms with E-state index in [-0.39, 0.29) is 11.5 Å². The zero-order chi connectivity index (χ0) is 14.1. The molecule has 0 aromatic heterocycles. The van der Waals surface area contributed by atoms with Gasteiger partial charge in [0.1, 0.15) is 0 Å². The number of benzene rings is 2. The first kappa shape index (κ1) is 12.4. The fourth-order valence-corrected chi connectivity index (χ4v) is 2.49. The van der Waals surface area contributed by atoms with E-state index in [4.69, 9.17) is 5.11 Å². The van der Waals surface area contributed by atoms with E-state index in [0.717, 1.165) is 17.7 Å². The Balaban J connectivity index is 1.95. The van der Waals surface area contributed by atoms with Gasteiger partial charge in [0.15, 0.2) is 0 Å². The molecule has 3 rings (SSSR count). The zero-order valence-electron chi connectivity index (χ0n) is 10.7. The summed E-state index contributed by atoms with van der Waals surface area (Å²) in [6, 6.07) is 13.9. The molecule has 4 nitrogen and oxygen atoms in total. The van der Waals surface area contributed by atoms with Gasteiger partial charge in [-0.05, 0) is 36.2 Å². The van der Waals surface area contributed by atoms with Crippen LogP contribution in [0.1, 0.15) is 26.3 Å². The molecule has 0 fully saturated rings. The lowest BCUT2D eigenvalue weighted by Crippen LogP contribution is -2.29. The van der Waals surface area contributed by atoms with Gasteiger partial charge in [-0.15, -0.1) is 0 Å². The van der Waals surface area contributed by atoms with Crippen molar-refractivity contribution in [1.29, 1.82) is 0 Å². The number of carbonyl (C=O) groups is 2.